The van der Waals surface area contributed by atoms with E-state index in [9.17, 15) is 14.7 Å². The van der Waals surface area contributed by atoms with Crippen molar-refractivity contribution >= 4 is 23.7 Å². The highest BCUT2D eigenvalue weighted by molar-refractivity contribution is 5.97. The SMILES string of the molecule is COC(=O)C12CC3CC(C1)C(Nc1c(C(=O)O)cnc4c1C=CC4)C(C3)C2. The molecular formula is C21H24N2O4. The van der Waals surface area contributed by atoms with Crippen LogP contribution in [0, 0.1) is 23.2 Å². The van der Waals surface area contributed by atoms with Gasteiger partial charge in [-0.2, -0.15) is 0 Å². The minimum atomic E-state index is -0.956. The van der Waals surface area contributed by atoms with E-state index in [1.165, 1.54) is 13.3 Å². The van der Waals surface area contributed by atoms with Crippen LogP contribution in [0.2, 0.25) is 0 Å². The third kappa shape index (κ3) is 2.42. The molecule has 4 saturated carbocycles. The summed E-state index contributed by atoms with van der Waals surface area (Å²) in [6.07, 6.45) is 11.1. The van der Waals surface area contributed by atoms with E-state index in [0.717, 1.165) is 49.8 Å². The van der Waals surface area contributed by atoms with Gasteiger partial charge < -0.3 is 15.2 Å². The maximum absolute atomic E-state index is 12.5. The van der Waals surface area contributed by atoms with Crippen molar-refractivity contribution in [3.8, 4) is 0 Å². The van der Waals surface area contributed by atoms with Crippen molar-refractivity contribution in [2.75, 3.05) is 12.4 Å². The molecule has 5 aliphatic carbocycles. The number of fused-ring (bicyclic) bond motifs is 1. The van der Waals surface area contributed by atoms with E-state index in [0.29, 0.717) is 23.4 Å². The molecule has 0 saturated heterocycles. The number of carboxylic acid groups (broad SMARTS) is 1. The van der Waals surface area contributed by atoms with Gasteiger partial charge in [0.25, 0.3) is 0 Å². The highest BCUT2D eigenvalue weighted by Gasteiger charge is 2.59. The lowest BCUT2D eigenvalue weighted by Crippen LogP contribution is -2.58. The number of carboxylic acids is 1. The fourth-order valence-corrected chi connectivity index (χ4v) is 6.41. The molecule has 0 radical (unpaired) electrons. The molecule has 0 aromatic carbocycles. The normalized spacial score (nSPS) is 35.1. The van der Waals surface area contributed by atoms with E-state index in [1.54, 1.807) is 0 Å². The number of carbonyl (C=O) groups is 2. The zero-order valence-electron chi connectivity index (χ0n) is 15.4. The van der Waals surface area contributed by atoms with Gasteiger partial charge >= 0.3 is 11.9 Å². The van der Waals surface area contributed by atoms with Crippen LogP contribution in [0.5, 0.6) is 0 Å². The van der Waals surface area contributed by atoms with Crippen molar-refractivity contribution in [3.05, 3.63) is 29.1 Å². The summed E-state index contributed by atoms with van der Waals surface area (Å²) in [4.78, 5) is 28.6. The summed E-state index contributed by atoms with van der Waals surface area (Å²) in [5.74, 6) is 0.335. The number of carbonyl (C=O) groups excluding carboxylic acids is 1. The van der Waals surface area contributed by atoms with Crippen LogP contribution in [0.3, 0.4) is 0 Å². The van der Waals surface area contributed by atoms with Gasteiger partial charge in [-0.15, -0.1) is 0 Å². The Labute approximate surface area is 158 Å². The summed E-state index contributed by atoms with van der Waals surface area (Å²) in [7, 11) is 1.49. The average Bonchev–Trinajstić information content (AvgIpc) is 3.12. The summed E-state index contributed by atoms with van der Waals surface area (Å²) in [5, 5.41) is 13.3. The summed E-state index contributed by atoms with van der Waals surface area (Å²) >= 11 is 0. The molecule has 142 valence electrons. The highest BCUT2D eigenvalue weighted by atomic mass is 16.5. The first-order chi connectivity index (χ1) is 13.0. The average molecular weight is 368 g/mol. The predicted molar refractivity (Wildman–Crippen MR) is 99.3 cm³/mol. The second-order valence-corrected chi connectivity index (χ2v) is 8.73. The molecule has 0 amide bonds. The first-order valence-corrected chi connectivity index (χ1v) is 9.77. The summed E-state index contributed by atoms with van der Waals surface area (Å²) in [6, 6.07) is 0.206. The Bertz CT molecular complexity index is 846. The fraction of sp³-hybridized carbons (Fsp3) is 0.571. The number of aromatic nitrogens is 1. The molecule has 2 N–H and O–H groups in total. The Hall–Kier alpha value is -2.37. The molecule has 27 heavy (non-hydrogen) atoms. The van der Waals surface area contributed by atoms with Gasteiger partial charge in [-0.1, -0.05) is 12.2 Å². The van der Waals surface area contributed by atoms with E-state index < -0.39 is 5.97 Å². The molecule has 1 heterocycles. The predicted octanol–water partition coefficient (Wildman–Crippen LogP) is 3.13. The monoisotopic (exact) mass is 368 g/mol. The molecule has 1 aromatic heterocycles. The van der Waals surface area contributed by atoms with Crippen LogP contribution in [0.25, 0.3) is 6.08 Å². The molecule has 0 aliphatic heterocycles. The molecule has 0 spiro atoms. The third-order valence-electron chi connectivity index (χ3n) is 7.23. The zero-order valence-corrected chi connectivity index (χ0v) is 15.4. The molecule has 6 nitrogen and oxygen atoms in total. The minimum Gasteiger partial charge on any atom is -0.478 e. The van der Waals surface area contributed by atoms with E-state index in [1.807, 2.05) is 12.2 Å². The fourth-order valence-electron chi connectivity index (χ4n) is 6.41. The van der Waals surface area contributed by atoms with E-state index in [-0.39, 0.29) is 23.0 Å². The third-order valence-corrected chi connectivity index (χ3v) is 7.23. The maximum atomic E-state index is 12.5. The number of ether oxygens (including phenoxy) is 1. The number of hydrogen-bond acceptors (Lipinski definition) is 5. The highest BCUT2D eigenvalue weighted by Crippen LogP contribution is 2.61. The van der Waals surface area contributed by atoms with Crippen molar-refractivity contribution in [2.24, 2.45) is 23.2 Å². The van der Waals surface area contributed by atoms with E-state index in [2.05, 4.69) is 10.3 Å². The standard InChI is InChI=1S/C21H24N2O4/c1-27-20(26)21-7-11-5-12(8-21)17(13(6-11)9-21)23-18-14-3-2-4-16(14)22-10-15(18)19(24)25/h2-3,10-13,17H,4-9H2,1H3,(H,22,23)(H,24,25). The van der Waals surface area contributed by atoms with Crippen LogP contribution in [0.4, 0.5) is 5.69 Å². The van der Waals surface area contributed by atoms with Crippen molar-refractivity contribution in [3.63, 3.8) is 0 Å². The zero-order chi connectivity index (χ0) is 18.8. The molecule has 4 bridgehead atoms. The number of anilines is 1. The molecule has 6 rings (SSSR count). The number of rotatable bonds is 4. The Morgan fingerprint density at radius 1 is 1.26 bits per heavy atom. The van der Waals surface area contributed by atoms with Gasteiger partial charge in [0.15, 0.2) is 0 Å². The van der Waals surface area contributed by atoms with Crippen LogP contribution < -0.4 is 5.32 Å². The van der Waals surface area contributed by atoms with Crippen molar-refractivity contribution in [1.82, 2.24) is 4.98 Å². The van der Waals surface area contributed by atoms with Crippen LogP contribution >= 0.6 is 0 Å². The van der Waals surface area contributed by atoms with Gasteiger partial charge in [0, 0.05) is 24.2 Å². The molecular weight excluding hydrogens is 344 g/mol. The Balaban J connectivity index is 1.49. The number of nitrogens with one attached hydrogen (secondary N) is 1. The van der Waals surface area contributed by atoms with E-state index in [4.69, 9.17) is 4.74 Å². The second-order valence-electron chi connectivity index (χ2n) is 8.73. The molecule has 5 aliphatic rings. The van der Waals surface area contributed by atoms with E-state index >= 15 is 0 Å². The largest absolute Gasteiger partial charge is 0.478 e. The summed E-state index contributed by atoms with van der Waals surface area (Å²) in [6.45, 7) is 0. The Kier molecular flexibility index (Phi) is 3.61. The van der Waals surface area contributed by atoms with Gasteiger partial charge in [-0.25, -0.2) is 4.79 Å². The number of allylic oxidation sites excluding steroid dienone is 1. The quantitative estimate of drug-likeness (QED) is 0.794. The van der Waals surface area contributed by atoms with Crippen molar-refractivity contribution in [2.45, 2.75) is 44.6 Å². The van der Waals surface area contributed by atoms with Crippen molar-refractivity contribution < 1.29 is 19.4 Å². The first-order valence-electron chi connectivity index (χ1n) is 9.77. The number of nitrogens with zero attached hydrogens (tertiary/aromatic N) is 1. The molecule has 2 atom stereocenters. The maximum Gasteiger partial charge on any atom is 0.339 e. The van der Waals surface area contributed by atoms with Crippen LogP contribution in [0.1, 0.15) is 53.7 Å². The summed E-state index contributed by atoms with van der Waals surface area (Å²) in [5.41, 5.74) is 2.45. The number of methoxy groups -OCH3 is 1. The van der Waals surface area contributed by atoms with Gasteiger partial charge in [0.2, 0.25) is 0 Å². The Morgan fingerprint density at radius 3 is 2.67 bits per heavy atom. The number of esters is 1. The number of pyridine rings is 1. The lowest BCUT2D eigenvalue weighted by atomic mass is 9.48. The lowest BCUT2D eigenvalue weighted by molar-refractivity contribution is -0.169. The van der Waals surface area contributed by atoms with Crippen LogP contribution in [-0.4, -0.2) is 35.2 Å². The van der Waals surface area contributed by atoms with Crippen LogP contribution in [0.15, 0.2) is 12.3 Å². The molecule has 4 fully saturated rings. The molecule has 2 unspecified atom stereocenters. The summed E-state index contributed by atoms with van der Waals surface area (Å²) < 4.78 is 5.15. The second kappa shape index (κ2) is 5.81. The minimum absolute atomic E-state index is 0.0562. The first kappa shape index (κ1) is 16.8. The lowest BCUT2D eigenvalue weighted by Gasteiger charge is -2.58. The molecule has 6 heteroatoms. The Morgan fingerprint density at radius 2 is 2.00 bits per heavy atom. The van der Waals surface area contributed by atoms with Crippen LogP contribution in [-0.2, 0) is 16.0 Å². The van der Waals surface area contributed by atoms with Gasteiger partial charge in [-0.05, 0) is 49.9 Å². The van der Waals surface area contributed by atoms with Gasteiger partial charge in [-0.3, -0.25) is 9.78 Å². The van der Waals surface area contributed by atoms with Crippen molar-refractivity contribution in [1.29, 1.82) is 0 Å². The van der Waals surface area contributed by atoms with Gasteiger partial charge in [0.1, 0.15) is 5.56 Å². The van der Waals surface area contributed by atoms with Gasteiger partial charge in [0.05, 0.1) is 23.9 Å². The number of aromatic carboxylic acids is 1. The smallest absolute Gasteiger partial charge is 0.339 e. The molecule has 1 aromatic rings. The number of hydrogen-bond donors (Lipinski definition) is 2. The topological polar surface area (TPSA) is 88.5 Å².